The number of pyridine rings is 1. The zero-order valence-electron chi connectivity index (χ0n) is 16.6. The molecule has 1 aliphatic rings. The van der Waals surface area contributed by atoms with Gasteiger partial charge in [0.2, 0.25) is 5.91 Å². The lowest BCUT2D eigenvalue weighted by Gasteiger charge is -2.35. The van der Waals surface area contributed by atoms with Crippen molar-refractivity contribution in [1.82, 2.24) is 9.88 Å². The Bertz CT molecular complexity index is 891. The fourth-order valence-corrected chi connectivity index (χ4v) is 2.97. The monoisotopic (exact) mass is 414 g/mol. The minimum absolute atomic E-state index is 0.219. The number of anilines is 1. The molecule has 1 fully saturated rings. The van der Waals surface area contributed by atoms with E-state index in [-0.39, 0.29) is 5.91 Å². The Morgan fingerprint density at radius 3 is 2.20 bits per heavy atom. The van der Waals surface area contributed by atoms with Crippen molar-refractivity contribution in [1.29, 1.82) is 0 Å². The third kappa shape index (κ3) is 7.17. The maximum Gasteiger partial charge on any atom is 0.328 e. The van der Waals surface area contributed by atoms with E-state index in [4.69, 9.17) is 20.9 Å². The fraction of sp³-hybridized carbons (Fsp3) is 0.333. The van der Waals surface area contributed by atoms with Gasteiger partial charge in [-0.3, -0.25) is 4.79 Å². The maximum absolute atomic E-state index is 12.0. The number of benzene rings is 1. The van der Waals surface area contributed by atoms with Crippen LogP contribution >= 0.6 is 0 Å². The summed E-state index contributed by atoms with van der Waals surface area (Å²) in [6.45, 7) is 3.77. The largest absolute Gasteiger partial charge is 0.478 e. The van der Waals surface area contributed by atoms with Crippen LogP contribution in [0.25, 0.3) is 10.9 Å². The highest BCUT2D eigenvalue weighted by atomic mass is 16.4. The van der Waals surface area contributed by atoms with E-state index in [0.717, 1.165) is 49.3 Å². The second-order valence-corrected chi connectivity index (χ2v) is 6.63. The molecule has 2 aromatic rings. The molecule has 1 aromatic heterocycles. The number of rotatable bonds is 6. The van der Waals surface area contributed by atoms with Gasteiger partial charge in [0.25, 0.3) is 0 Å². The number of hydrogen-bond acceptors (Lipinski definition) is 6. The van der Waals surface area contributed by atoms with Crippen molar-refractivity contribution in [3.8, 4) is 0 Å². The summed E-state index contributed by atoms with van der Waals surface area (Å²) in [6, 6.07) is 12.3. The minimum Gasteiger partial charge on any atom is -0.478 e. The molecular formula is C21H26N4O5. The van der Waals surface area contributed by atoms with Gasteiger partial charge in [0.05, 0.1) is 5.52 Å². The van der Waals surface area contributed by atoms with Crippen LogP contribution in [0.5, 0.6) is 0 Å². The number of nitrogens with zero attached hydrogens (tertiary/aromatic N) is 3. The van der Waals surface area contributed by atoms with E-state index < -0.39 is 11.9 Å². The molecule has 30 heavy (non-hydrogen) atoms. The SMILES string of the molecule is NCCCC(=O)N1CCN(c2ccc3ccccc3n2)CC1.O=C(O)/C=C\C(=O)O. The van der Waals surface area contributed by atoms with Crippen LogP contribution in [0.3, 0.4) is 0 Å². The van der Waals surface area contributed by atoms with Crippen LogP contribution in [-0.4, -0.2) is 70.7 Å². The van der Waals surface area contributed by atoms with Gasteiger partial charge in [-0.15, -0.1) is 0 Å². The van der Waals surface area contributed by atoms with Crippen LogP contribution in [-0.2, 0) is 14.4 Å². The third-order valence-corrected chi connectivity index (χ3v) is 4.50. The maximum atomic E-state index is 12.0. The highest BCUT2D eigenvalue weighted by Crippen LogP contribution is 2.19. The Morgan fingerprint density at radius 2 is 1.60 bits per heavy atom. The summed E-state index contributed by atoms with van der Waals surface area (Å²) >= 11 is 0. The average molecular weight is 414 g/mol. The smallest absolute Gasteiger partial charge is 0.328 e. The van der Waals surface area contributed by atoms with E-state index in [9.17, 15) is 14.4 Å². The van der Waals surface area contributed by atoms with Crippen LogP contribution in [0, 0.1) is 0 Å². The number of aliphatic carboxylic acids is 2. The van der Waals surface area contributed by atoms with Gasteiger partial charge in [0.15, 0.2) is 0 Å². The quantitative estimate of drug-likeness (QED) is 0.602. The first-order chi connectivity index (χ1) is 14.4. The van der Waals surface area contributed by atoms with Crippen molar-refractivity contribution in [3.63, 3.8) is 0 Å². The second kappa shape index (κ2) is 11.5. The first-order valence-electron chi connectivity index (χ1n) is 9.63. The van der Waals surface area contributed by atoms with Gasteiger partial charge >= 0.3 is 11.9 Å². The molecule has 160 valence electrons. The Labute approximate surface area is 174 Å². The molecule has 1 amide bonds. The Hall–Kier alpha value is -3.46. The predicted octanol–water partition coefficient (Wildman–Crippen LogP) is 1.33. The number of carboxylic acid groups (broad SMARTS) is 2. The summed E-state index contributed by atoms with van der Waals surface area (Å²) < 4.78 is 0. The van der Waals surface area contributed by atoms with E-state index in [1.807, 2.05) is 23.1 Å². The number of aromatic nitrogens is 1. The second-order valence-electron chi connectivity index (χ2n) is 6.63. The summed E-state index contributed by atoms with van der Waals surface area (Å²) in [5, 5.41) is 16.8. The predicted molar refractivity (Wildman–Crippen MR) is 113 cm³/mol. The number of fused-ring (bicyclic) bond motifs is 1. The molecule has 4 N–H and O–H groups in total. The minimum atomic E-state index is -1.26. The molecule has 2 heterocycles. The molecule has 1 saturated heterocycles. The lowest BCUT2D eigenvalue weighted by Crippen LogP contribution is -2.49. The van der Waals surface area contributed by atoms with Crippen molar-refractivity contribution >= 4 is 34.6 Å². The number of hydrogen-bond donors (Lipinski definition) is 3. The van der Waals surface area contributed by atoms with E-state index in [0.29, 0.717) is 25.1 Å². The van der Waals surface area contributed by atoms with Crippen molar-refractivity contribution in [2.45, 2.75) is 12.8 Å². The molecule has 1 aliphatic heterocycles. The Balaban J connectivity index is 0.000000343. The molecule has 9 nitrogen and oxygen atoms in total. The van der Waals surface area contributed by atoms with Crippen molar-refractivity contribution < 1.29 is 24.6 Å². The molecule has 0 radical (unpaired) electrons. The van der Waals surface area contributed by atoms with Gasteiger partial charge in [-0.25, -0.2) is 14.6 Å². The summed E-state index contributed by atoms with van der Waals surface area (Å²) in [4.78, 5) is 40.0. The van der Waals surface area contributed by atoms with E-state index in [1.54, 1.807) is 0 Å². The highest BCUT2D eigenvalue weighted by molar-refractivity contribution is 5.89. The molecule has 0 saturated carbocycles. The lowest BCUT2D eigenvalue weighted by molar-refractivity contribution is -0.134. The zero-order chi connectivity index (χ0) is 21.9. The van der Waals surface area contributed by atoms with Crippen molar-refractivity contribution in [2.24, 2.45) is 5.73 Å². The molecule has 0 spiro atoms. The normalized spacial score (nSPS) is 13.8. The van der Waals surface area contributed by atoms with Crippen molar-refractivity contribution in [3.05, 3.63) is 48.6 Å². The highest BCUT2D eigenvalue weighted by Gasteiger charge is 2.21. The molecule has 0 atom stereocenters. The first kappa shape index (κ1) is 22.8. The van der Waals surface area contributed by atoms with Gasteiger partial charge in [-0.1, -0.05) is 18.2 Å². The topological polar surface area (TPSA) is 137 Å². The van der Waals surface area contributed by atoms with E-state index >= 15 is 0 Å². The van der Waals surface area contributed by atoms with Gasteiger partial charge in [0.1, 0.15) is 5.82 Å². The number of nitrogens with two attached hydrogens (primary N) is 1. The van der Waals surface area contributed by atoms with Gasteiger partial charge in [-0.2, -0.15) is 0 Å². The zero-order valence-corrected chi connectivity index (χ0v) is 16.6. The molecule has 0 bridgehead atoms. The van der Waals surface area contributed by atoms with Crippen LogP contribution in [0.15, 0.2) is 48.6 Å². The van der Waals surface area contributed by atoms with E-state index in [2.05, 4.69) is 23.1 Å². The summed E-state index contributed by atoms with van der Waals surface area (Å²) in [7, 11) is 0. The third-order valence-electron chi connectivity index (χ3n) is 4.50. The lowest BCUT2D eigenvalue weighted by atomic mass is 10.2. The number of para-hydroxylation sites is 1. The molecular weight excluding hydrogens is 388 g/mol. The van der Waals surface area contributed by atoms with Gasteiger partial charge in [-0.05, 0) is 31.2 Å². The van der Waals surface area contributed by atoms with Gasteiger partial charge < -0.3 is 25.7 Å². The van der Waals surface area contributed by atoms with E-state index in [1.165, 1.54) is 0 Å². The average Bonchev–Trinajstić information content (AvgIpc) is 2.76. The standard InChI is InChI=1S/C17H22N4O.C4H4O4/c18-9-3-6-17(22)21-12-10-20(11-13-21)16-8-7-14-4-1-2-5-15(14)19-16;5-3(6)1-2-4(7)8/h1-2,4-5,7-8H,3,6,9-13,18H2;1-2H,(H,5,6)(H,7,8)/b;2-1-. The molecule has 9 heteroatoms. The number of carbonyl (C=O) groups excluding carboxylic acids is 1. The molecule has 0 unspecified atom stereocenters. The Kier molecular flexibility index (Phi) is 8.76. The number of amides is 1. The molecule has 1 aromatic carbocycles. The summed E-state index contributed by atoms with van der Waals surface area (Å²) in [6.07, 6.45) is 2.45. The molecule has 0 aliphatic carbocycles. The van der Waals surface area contributed by atoms with Crippen LogP contribution in [0.4, 0.5) is 5.82 Å². The first-order valence-corrected chi connectivity index (χ1v) is 9.63. The van der Waals surface area contributed by atoms with Crippen LogP contribution in [0.1, 0.15) is 12.8 Å². The van der Waals surface area contributed by atoms with Gasteiger partial charge in [0, 0.05) is 50.1 Å². The summed E-state index contributed by atoms with van der Waals surface area (Å²) in [5.41, 5.74) is 6.48. The van der Waals surface area contributed by atoms with Crippen LogP contribution in [0.2, 0.25) is 0 Å². The number of carbonyl (C=O) groups is 3. The number of piperazine rings is 1. The number of carboxylic acids is 2. The van der Waals surface area contributed by atoms with Crippen molar-refractivity contribution in [2.75, 3.05) is 37.6 Å². The fourth-order valence-electron chi connectivity index (χ4n) is 2.97. The molecule has 3 rings (SSSR count). The van der Waals surface area contributed by atoms with Crippen LogP contribution < -0.4 is 10.6 Å². The summed E-state index contributed by atoms with van der Waals surface area (Å²) in [5.74, 6) is -1.30. The Morgan fingerprint density at radius 1 is 0.967 bits per heavy atom.